The summed E-state index contributed by atoms with van der Waals surface area (Å²) in [5.41, 5.74) is 5.52. The number of hydrogen-bond acceptors (Lipinski definition) is 21. The minimum Gasteiger partial charge on any atom is -0.490 e. The second-order valence-electron chi connectivity index (χ2n) is 36.5. The number of nitrogens with zero attached hydrogens (tertiary/aromatic N) is 8. The standard InChI is InChI=1S/C93H113FN14O13/c1-54-39-67(40-55(2)72(54)47-95)120-88-90(5,6)86(91(88,7)8)102-80(111)58-13-18-63(19-14-58)106-30-29-61(50-104-31-33-105(34-32-104)77-26-17-60(49-97-77)82(113)98-75-24-27-78(109)100-84(75)115)62(51-106)46-93(11)87(92(9,10)89(93)121-68-41-56(3)73(48-96)57(4)42-68)103-81(112)59-15-20-64(21-16-59)107-36-38-118-70(52-107)53-108(35-37-117-12)65-43-69(44-65)119-66-22-23-71(74(94)45-66)83(114)99-76-25-28-79(110)101-85(76)116/h13-23,26,39-42,45,49,61-62,65,69-70,75-76,86-89H,24-25,27-38,43-44,46,50-53H2,1-12H3,(H,98,113)(H,99,114)(H,102,111)(H,103,112)(H,100,109,115)(H,101,110,116)/t61?,62?,65?,69?,70-,75-,76-,86?,87-,88?,89-,93?/m0/s1. The van der Waals surface area contributed by atoms with Crippen LogP contribution in [0.2, 0.25) is 0 Å². The van der Waals surface area contributed by atoms with E-state index in [9.17, 15) is 44.1 Å². The number of carbonyl (C=O) groups excluding carboxylic acids is 8. The Bertz CT molecular complexity index is 4950. The van der Waals surface area contributed by atoms with Gasteiger partial charge in [-0.25, -0.2) is 9.37 Å². The molecule has 0 radical (unpaired) electrons. The molecule has 6 aromatic rings. The van der Waals surface area contributed by atoms with Crippen molar-refractivity contribution in [1.29, 1.82) is 10.5 Å². The van der Waals surface area contributed by atoms with Crippen LogP contribution >= 0.6 is 0 Å². The van der Waals surface area contributed by atoms with E-state index < -0.39 is 75.2 Å². The topological polar surface area (TPSA) is 332 Å². The average Bonchev–Trinajstić information content (AvgIpc) is 0.698. The molecule has 8 atom stereocenters. The van der Waals surface area contributed by atoms with E-state index in [-0.39, 0.29) is 103 Å². The SMILES string of the molecule is COCCN(C[C@@H]1CN(c2ccc(C(=O)N[C@H]3C(C)(C)[C@H](Oc4cc(C)c(C#N)c(C)c4)C3(C)CC3CN(c4ccc(C(=O)NC5C(C)(C)C(Oc6cc(C)c(C#N)c(C)c6)C5(C)C)cc4)CCC3CN3CCN(c4ccc(C(=O)N[C@H]5CCC(=O)NC5=O)cn4)CC3)cc2)CCO1)C1CC(Oc2ccc(C(=O)N[C@H]3CCC(=O)NC3=O)c(F)c2)C1. The van der Waals surface area contributed by atoms with E-state index >= 15 is 9.18 Å². The first-order chi connectivity index (χ1) is 57.7. The number of anilines is 3. The van der Waals surface area contributed by atoms with Gasteiger partial charge in [-0.1, -0.05) is 48.5 Å². The number of nitrogens with one attached hydrogen (secondary N) is 6. The molecular formula is C93H113FN14O13. The smallest absolute Gasteiger partial charge is 0.254 e. The number of rotatable bonds is 27. The maximum Gasteiger partial charge on any atom is 0.254 e. The number of halogens is 1. The highest BCUT2D eigenvalue weighted by atomic mass is 19.1. The summed E-state index contributed by atoms with van der Waals surface area (Å²) in [5, 5.41) is 36.7. The van der Waals surface area contributed by atoms with Crippen molar-refractivity contribution in [3.63, 3.8) is 0 Å². The first kappa shape index (κ1) is 86.3. The van der Waals surface area contributed by atoms with Gasteiger partial charge in [0.1, 0.15) is 59.3 Å². The van der Waals surface area contributed by atoms with Gasteiger partial charge < -0.3 is 59.7 Å². The number of aromatic nitrogens is 1. The molecule has 640 valence electrons. The van der Waals surface area contributed by atoms with Gasteiger partial charge in [0.15, 0.2) is 0 Å². The lowest BCUT2D eigenvalue weighted by Crippen LogP contribution is -2.76. The Morgan fingerprint density at radius 2 is 1.10 bits per heavy atom. The molecule has 121 heavy (non-hydrogen) atoms. The first-order valence-electron chi connectivity index (χ1n) is 42.4. The van der Waals surface area contributed by atoms with Gasteiger partial charge in [0.25, 0.3) is 23.6 Å². The van der Waals surface area contributed by atoms with Crippen LogP contribution in [0, 0.1) is 89.7 Å². The normalized spacial score (nSPS) is 26.1. The molecule has 14 rings (SSSR count). The lowest BCUT2D eigenvalue weighted by molar-refractivity contribution is -0.185. The summed E-state index contributed by atoms with van der Waals surface area (Å²) in [5.74, 6) is -1.67. The van der Waals surface area contributed by atoms with E-state index in [0.29, 0.717) is 118 Å². The fourth-order valence-electron chi connectivity index (χ4n) is 20.8. The quantitative estimate of drug-likeness (QED) is 0.0261. The Morgan fingerprint density at radius 3 is 1.63 bits per heavy atom. The number of ether oxygens (including phenoxy) is 5. The molecule has 1 aromatic heterocycles. The third kappa shape index (κ3) is 18.4. The van der Waals surface area contributed by atoms with Crippen LogP contribution < -0.4 is 60.8 Å². The fourth-order valence-corrected chi connectivity index (χ4v) is 20.8. The number of hydrogen-bond donors (Lipinski definition) is 6. The summed E-state index contributed by atoms with van der Waals surface area (Å²) in [7, 11) is 1.67. The van der Waals surface area contributed by atoms with Crippen LogP contribution in [0.1, 0.15) is 175 Å². The van der Waals surface area contributed by atoms with Crippen molar-refractivity contribution in [2.75, 3.05) is 107 Å². The Hall–Kier alpha value is -11.0. The van der Waals surface area contributed by atoms with Crippen molar-refractivity contribution in [3.05, 3.63) is 171 Å². The van der Waals surface area contributed by atoms with Crippen molar-refractivity contribution in [2.24, 2.45) is 33.5 Å². The fraction of sp³-hybridized carbons (Fsp3) is 0.516. The van der Waals surface area contributed by atoms with Crippen molar-refractivity contribution < 1.29 is 66.4 Å². The van der Waals surface area contributed by atoms with Crippen LogP contribution in [0.5, 0.6) is 17.2 Å². The number of amides is 8. The van der Waals surface area contributed by atoms with Crippen molar-refractivity contribution in [2.45, 2.75) is 182 Å². The van der Waals surface area contributed by atoms with Crippen LogP contribution in [0.3, 0.4) is 0 Å². The van der Waals surface area contributed by atoms with Gasteiger partial charge in [-0.2, -0.15) is 10.5 Å². The molecule has 5 saturated heterocycles. The highest BCUT2D eigenvalue weighted by Crippen LogP contribution is 2.60. The summed E-state index contributed by atoms with van der Waals surface area (Å²) in [4.78, 5) is 121. The molecule has 6 N–H and O–H groups in total. The van der Waals surface area contributed by atoms with Gasteiger partial charge in [0.05, 0.1) is 53.7 Å². The molecule has 3 unspecified atom stereocenters. The molecule has 6 heterocycles. The summed E-state index contributed by atoms with van der Waals surface area (Å²) >= 11 is 0. The Morgan fingerprint density at radius 1 is 0.579 bits per heavy atom. The van der Waals surface area contributed by atoms with Gasteiger partial charge >= 0.3 is 0 Å². The first-order valence-corrected chi connectivity index (χ1v) is 42.4. The number of carbonyl (C=O) groups is 8. The van der Waals surface area contributed by atoms with Crippen LogP contribution in [0.4, 0.5) is 21.6 Å². The van der Waals surface area contributed by atoms with E-state index in [1.54, 1.807) is 19.2 Å². The average molecular weight is 1650 g/mol. The highest BCUT2D eigenvalue weighted by molar-refractivity contribution is 6.05. The van der Waals surface area contributed by atoms with Crippen LogP contribution in [-0.4, -0.2) is 209 Å². The van der Waals surface area contributed by atoms with Gasteiger partial charge in [-0.05, 0) is 185 Å². The van der Waals surface area contributed by atoms with Gasteiger partial charge in [-0.3, -0.25) is 58.8 Å². The number of methoxy groups -OCH3 is 1. The Kier molecular flexibility index (Phi) is 25.4. The van der Waals surface area contributed by atoms with Crippen molar-refractivity contribution in [3.8, 4) is 29.4 Å². The predicted octanol–water partition coefficient (Wildman–Crippen LogP) is 9.59. The van der Waals surface area contributed by atoms with E-state index in [1.165, 1.54) is 18.3 Å². The summed E-state index contributed by atoms with van der Waals surface area (Å²) in [6.07, 6.45) is 3.98. The van der Waals surface area contributed by atoms with Gasteiger partial charge in [0, 0.05) is 179 Å². The van der Waals surface area contributed by atoms with E-state index in [1.807, 2.05) is 94.4 Å². The molecule has 3 saturated carbocycles. The number of imide groups is 2. The van der Waals surface area contributed by atoms with Gasteiger partial charge in [0.2, 0.25) is 23.6 Å². The van der Waals surface area contributed by atoms with Gasteiger partial charge in [-0.15, -0.1) is 0 Å². The minimum absolute atomic E-state index is 0.0624. The number of pyridine rings is 1. The van der Waals surface area contributed by atoms with Crippen LogP contribution in [0.25, 0.3) is 0 Å². The largest absolute Gasteiger partial charge is 0.490 e. The number of piperazine rings is 1. The molecule has 27 nitrogen and oxygen atoms in total. The third-order valence-electron chi connectivity index (χ3n) is 26.9. The van der Waals surface area contributed by atoms with Crippen LogP contribution in [0.15, 0.2) is 109 Å². The molecule has 8 fully saturated rings. The number of nitriles is 2. The number of morpholine rings is 1. The zero-order valence-electron chi connectivity index (χ0n) is 71.4. The molecule has 5 aromatic carbocycles. The van der Waals surface area contributed by atoms with Crippen molar-refractivity contribution in [1.82, 2.24) is 46.7 Å². The predicted molar refractivity (Wildman–Crippen MR) is 453 cm³/mol. The molecule has 28 heteroatoms. The van der Waals surface area contributed by atoms with E-state index in [4.69, 9.17) is 28.7 Å². The minimum atomic E-state index is -0.941. The molecule has 8 aliphatic rings. The molecular weight excluding hydrogens is 1540 g/mol. The summed E-state index contributed by atoms with van der Waals surface area (Å²) in [6.45, 7) is 31.4. The Labute approximate surface area is 707 Å². The number of piperidine rings is 3. The zero-order chi connectivity index (χ0) is 86.1. The maximum atomic E-state index is 15.4. The Balaban J connectivity index is 0.662. The lowest BCUT2D eigenvalue weighted by Gasteiger charge is -2.65. The molecule has 0 spiro atoms. The highest BCUT2D eigenvalue weighted by Gasteiger charge is 2.68. The monoisotopic (exact) mass is 1650 g/mol. The maximum absolute atomic E-state index is 15.4. The van der Waals surface area contributed by atoms with Crippen LogP contribution in [-0.2, 0) is 28.7 Å². The van der Waals surface area contributed by atoms with E-state index in [0.717, 1.165) is 72.0 Å². The summed E-state index contributed by atoms with van der Waals surface area (Å²) in [6, 6.07) is 33.5. The molecule has 3 aliphatic carbocycles. The molecule has 8 amide bonds. The molecule has 5 aliphatic heterocycles. The summed E-state index contributed by atoms with van der Waals surface area (Å²) < 4.78 is 47.7. The van der Waals surface area contributed by atoms with E-state index in [2.05, 4.69) is 129 Å². The zero-order valence-corrected chi connectivity index (χ0v) is 71.4. The molecule has 0 bridgehead atoms. The second kappa shape index (κ2) is 35.6. The lowest BCUT2D eigenvalue weighted by atomic mass is 9.46. The van der Waals surface area contributed by atoms with Crippen molar-refractivity contribution >= 4 is 64.5 Å². The third-order valence-corrected chi connectivity index (χ3v) is 26.9. The number of benzene rings is 5. The second-order valence-corrected chi connectivity index (χ2v) is 36.5. The number of aryl methyl sites for hydroxylation is 4.